The minimum absolute atomic E-state index is 0.0993. The van der Waals surface area contributed by atoms with E-state index in [1.54, 1.807) is 29.2 Å². The van der Waals surface area contributed by atoms with E-state index in [4.69, 9.17) is 39.5 Å². The summed E-state index contributed by atoms with van der Waals surface area (Å²) in [6, 6.07) is 3.11. The topological polar surface area (TPSA) is 81.0 Å². The Labute approximate surface area is 144 Å². The second-order valence-electron chi connectivity index (χ2n) is 4.66. The summed E-state index contributed by atoms with van der Waals surface area (Å²) in [6.45, 7) is 0.0993. The molecule has 0 saturated carbocycles. The third-order valence-electron chi connectivity index (χ3n) is 3.14. The van der Waals surface area contributed by atoms with Gasteiger partial charge in [0.05, 0.1) is 21.6 Å². The first-order valence-corrected chi connectivity index (χ1v) is 7.56. The van der Waals surface area contributed by atoms with E-state index in [2.05, 4.69) is 25.3 Å². The van der Waals surface area contributed by atoms with Crippen LogP contribution < -0.4 is 4.74 Å². The first-order chi connectivity index (χ1) is 11.1. The highest BCUT2D eigenvalue weighted by molar-refractivity contribution is 6.40. The Morgan fingerprint density at radius 1 is 1.17 bits per heavy atom. The van der Waals surface area contributed by atoms with Gasteiger partial charge >= 0.3 is 0 Å². The zero-order chi connectivity index (χ0) is 16.0. The van der Waals surface area contributed by atoms with Crippen LogP contribution in [0, 0.1) is 0 Å². The summed E-state index contributed by atoms with van der Waals surface area (Å²) >= 11 is 18.0. The Balaban J connectivity index is 1.66. The number of rotatable bonds is 3. The van der Waals surface area contributed by atoms with Crippen molar-refractivity contribution >= 4 is 51.5 Å². The molecule has 0 aliphatic carbocycles. The maximum absolute atomic E-state index is 6.08. The van der Waals surface area contributed by atoms with Crippen LogP contribution in [0.15, 0.2) is 24.7 Å². The maximum Gasteiger partial charge on any atom is 0.189 e. The lowest BCUT2D eigenvalue weighted by Gasteiger charge is -2.08. The Morgan fingerprint density at radius 2 is 1.96 bits per heavy atom. The van der Waals surface area contributed by atoms with Gasteiger partial charge in [0.25, 0.3) is 0 Å². The molecule has 0 amide bonds. The van der Waals surface area contributed by atoms with Crippen molar-refractivity contribution in [3.8, 4) is 5.75 Å². The first kappa shape index (κ1) is 14.5. The summed E-state index contributed by atoms with van der Waals surface area (Å²) in [6.07, 6.45) is 3.19. The minimum Gasteiger partial charge on any atom is -0.482 e. The quantitative estimate of drug-likeness (QED) is 0.597. The Morgan fingerprint density at radius 3 is 2.74 bits per heavy atom. The van der Waals surface area contributed by atoms with Crippen LogP contribution >= 0.6 is 34.8 Å². The highest BCUT2D eigenvalue weighted by Crippen LogP contribution is 2.36. The minimum atomic E-state index is 0.0993. The zero-order valence-corrected chi connectivity index (χ0v) is 13.6. The summed E-state index contributed by atoms with van der Waals surface area (Å²) in [5.41, 5.74) is 1.27. The van der Waals surface area contributed by atoms with Crippen LogP contribution in [0.5, 0.6) is 5.75 Å². The Bertz CT molecular complexity index is 1000. The zero-order valence-electron chi connectivity index (χ0n) is 11.3. The SMILES string of the molecule is Clc1cc(Cl)c(OCc2nc3c4cn[nH]c4ncn3n2)c(Cl)c1. The van der Waals surface area contributed by atoms with Crippen LogP contribution in [-0.4, -0.2) is 29.8 Å². The molecule has 0 fully saturated rings. The van der Waals surface area contributed by atoms with Crippen molar-refractivity contribution in [2.45, 2.75) is 6.61 Å². The van der Waals surface area contributed by atoms with Crippen molar-refractivity contribution in [2.75, 3.05) is 0 Å². The molecule has 0 radical (unpaired) electrons. The molecule has 23 heavy (non-hydrogen) atoms. The van der Waals surface area contributed by atoms with Gasteiger partial charge in [0, 0.05) is 5.02 Å². The van der Waals surface area contributed by atoms with Crippen LogP contribution in [0.25, 0.3) is 16.7 Å². The fourth-order valence-electron chi connectivity index (χ4n) is 2.15. The molecular formula is C13H7Cl3N6O. The lowest BCUT2D eigenvalue weighted by Crippen LogP contribution is -1.99. The van der Waals surface area contributed by atoms with Crippen molar-refractivity contribution in [1.82, 2.24) is 29.8 Å². The van der Waals surface area contributed by atoms with Gasteiger partial charge in [0.15, 0.2) is 22.9 Å². The molecule has 1 N–H and O–H groups in total. The number of nitrogens with zero attached hydrogens (tertiary/aromatic N) is 5. The number of aromatic amines is 1. The lowest BCUT2D eigenvalue weighted by atomic mass is 10.3. The number of benzene rings is 1. The summed E-state index contributed by atoms with van der Waals surface area (Å²) < 4.78 is 7.18. The summed E-state index contributed by atoms with van der Waals surface area (Å²) in [4.78, 5) is 8.60. The molecule has 4 aromatic rings. The fourth-order valence-corrected chi connectivity index (χ4v) is 3.08. The van der Waals surface area contributed by atoms with Gasteiger partial charge in [-0.3, -0.25) is 5.10 Å². The molecule has 1 aromatic carbocycles. The molecule has 0 saturated heterocycles. The van der Waals surface area contributed by atoms with E-state index < -0.39 is 0 Å². The molecule has 4 rings (SSSR count). The van der Waals surface area contributed by atoms with E-state index in [0.717, 1.165) is 5.39 Å². The van der Waals surface area contributed by atoms with Gasteiger partial charge in [0.2, 0.25) is 0 Å². The molecule has 0 unspecified atom stereocenters. The molecule has 116 valence electrons. The van der Waals surface area contributed by atoms with Crippen LogP contribution in [0.1, 0.15) is 5.82 Å². The van der Waals surface area contributed by atoms with E-state index in [-0.39, 0.29) is 6.61 Å². The summed E-state index contributed by atoms with van der Waals surface area (Å²) in [5, 5.41) is 12.9. The molecule has 3 heterocycles. The van der Waals surface area contributed by atoms with Gasteiger partial charge in [-0.1, -0.05) is 34.8 Å². The molecular weight excluding hydrogens is 363 g/mol. The molecule has 0 aliphatic rings. The predicted molar refractivity (Wildman–Crippen MR) is 86.2 cm³/mol. The third-order valence-corrected chi connectivity index (χ3v) is 3.92. The maximum atomic E-state index is 6.08. The summed E-state index contributed by atoms with van der Waals surface area (Å²) in [5.74, 6) is 0.797. The number of hydrogen-bond donors (Lipinski definition) is 1. The Hall–Kier alpha value is -2.09. The molecule has 3 aromatic heterocycles. The van der Waals surface area contributed by atoms with E-state index in [1.807, 2.05) is 0 Å². The lowest BCUT2D eigenvalue weighted by molar-refractivity contribution is 0.296. The van der Waals surface area contributed by atoms with Crippen molar-refractivity contribution in [3.05, 3.63) is 45.5 Å². The highest BCUT2D eigenvalue weighted by Gasteiger charge is 2.13. The van der Waals surface area contributed by atoms with Crippen LogP contribution in [0.2, 0.25) is 15.1 Å². The smallest absolute Gasteiger partial charge is 0.189 e. The molecule has 7 nitrogen and oxygen atoms in total. The predicted octanol–water partition coefficient (Wildman–Crippen LogP) is 3.54. The molecule has 0 spiro atoms. The van der Waals surface area contributed by atoms with Gasteiger partial charge in [0.1, 0.15) is 12.9 Å². The van der Waals surface area contributed by atoms with E-state index >= 15 is 0 Å². The van der Waals surface area contributed by atoms with E-state index in [0.29, 0.717) is 37.9 Å². The molecule has 0 bridgehead atoms. The Kier molecular flexibility index (Phi) is 3.48. The summed E-state index contributed by atoms with van der Waals surface area (Å²) in [7, 11) is 0. The molecule has 0 aliphatic heterocycles. The average Bonchev–Trinajstić information content (AvgIpc) is 3.11. The van der Waals surface area contributed by atoms with E-state index in [9.17, 15) is 0 Å². The van der Waals surface area contributed by atoms with Gasteiger partial charge in [-0.15, -0.1) is 5.10 Å². The number of fused-ring (bicyclic) bond motifs is 3. The molecule has 0 atom stereocenters. The average molecular weight is 370 g/mol. The van der Waals surface area contributed by atoms with Crippen molar-refractivity contribution in [3.63, 3.8) is 0 Å². The number of hydrogen-bond acceptors (Lipinski definition) is 5. The van der Waals surface area contributed by atoms with Crippen molar-refractivity contribution < 1.29 is 4.74 Å². The second kappa shape index (κ2) is 5.52. The highest BCUT2D eigenvalue weighted by atomic mass is 35.5. The number of H-pyrrole nitrogens is 1. The van der Waals surface area contributed by atoms with Gasteiger partial charge < -0.3 is 4.74 Å². The molecule has 10 heteroatoms. The number of ether oxygens (including phenoxy) is 1. The third kappa shape index (κ3) is 2.56. The van der Waals surface area contributed by atoms with E-state index in [1.165, 1.54) is 0 Å². The number of nitrogens with one attached hydrogen (secondary N) is 1. The number of halogens is 3. The normalized spacial score (nSPS) is 11.4. The van der Waals surface area contributed by atoms with Crippen LogP contribution in [-0.2, 0) is 6.61 Å². The van der Waals surface area contributed by atoms with Gasteiger partial charge in [-0.05, 0) is 12.1 Å². The standard InChI is InChI=1S/C13H7Cl3N6O/c14-6-1-8(15)11(9(16)2-6)23-4-10-19-13-7-3-18-20-12(7)17-5-22(13)21-10/h1-3,5H,4H2,(H,18,20). The van der Waals surface area contributed by atoms with Crippen molar-refractivity contribution in [1.29, 1.82) is 0 Å². The largest absolute Gasteiger partial charge is 0.482 e. The van der Waals surface area contributed by atoms with Crippen LogP contribution in [0.4, 0.5) is 0 Å². The second-order valence-corrected chi connectivity index (χ2v) is 5.91. The van der Waals surface area contributed by atoms with Crippen molar-refractivity contribution in [2.24, 2.45) is 0 Å². The number of aromatic nitrogens is 6. The first-order valence-electron chi connectivity index (χ1n) is 6.42. The van der Waals surface area contributed by atoms with Gasteiger partial charge in [-0.2, -0.15) is 5.10 Å². The fraction of sp³-hybridized carbons (Fsp3) is 0.0769. The van der Waals surface area contributed by atoms with Gasteiger partial charge in [-0.25, -0.2) is 14.5 Å². The van der Waals surface area contributed by atoms with Crippen LogP contribution in [0.3, 0.4) is 0 Å². The monoisotopic (exact) mass is 368 g/mol.